The third-order valence-corrected chi connectivity index (χ3v) is 6.89. The number of halogens is 1. The second-order valence-corrected chi connectivity index (χ2v) is 8.37. The predicted molar refractivity (Wildman–Crippen MR) is 117 cm³/mol. The molecule has 0 aromatic carbocycles. The Balaban J connectivity index is 0.00000210. The Morgan fingerprint density at radius 1 is 1.15 bits per heavy atom. The van der Waals surface area contributed by atoms with Gasteiger partial charge in [-0.15, -0.1) is 24.0 Å². The highest BCUT2D eigenvalue weighted by molar-refractivity contribution is 14.0. The Bertz CT molecular complexity index is 493. The van der Waals surface area contributed by atoms with Crippen molar-refractivity contribution < 1.29 is 14.2 Å². The summed E-state index contributed by atoms with van der Waals surface area (Å²) in [5.74, 6) is 1.60. The molecule has 156 valence electrons. The van der Waals surface area contributed by atoms with Gasteiger partial charge in [0.1, 0.15) is 0 Å². The van der Waals surface area contributed by atoms with Gasteiger partial charge in [0.2, 0.25) is 0 Å². The molecule has 4 rings (SSSR count). The minimum atomic E-state index is 0. The Morgan fingerprint density at radius 2 is 2.00 bits per heavy atom. The van der Waals surface area contributed by atoms with Gasteiger partial charge in [-0.05, 0) is 38.5 Å². The second-order valence-electron chi connectivity index (χ2n) is 8.37. The van der Waals surface area contributed by atoms with Crippen molar-refractivity contribution in [3.05, 3.63) is 0 Å². The third-order valence-electron chi connectivity index (χ3n) is 6.89. The van der Waals surface area contributed by atoms with Crippen molar-refractivity contribution in [3.8, 4) is 0 Å². The van der Waals surface area contributed by atoms with E-state index < -0.39 is 0 Å². The number of guanidine groups is 1. The Morgan fingerprint density at radius 3 is 2.74 bits per heavy atom. The molecule has 4 aliphatic rings. The molecule has 4 unspecified atom stereocenters. The van der Waals surface area contributed by atoms with Crippen LogP contribution in [0, 0.1) is 11.3 Å². The van der Waals surface area contributed by atoms with Gasteiger partial charge in [-0.2, -0.15) is 0 Å². The summed E-state index contributed by atoms with van der Waals surface area (Å²) in [5, 5.41) is 7.21. The maximum Gasteiger partial charge on any atom is 0.191 e. The second kappa shape index (κ2) is 10.1. The normalized spacial score (nSPS) is 34.2. The van der Waals surface area contributed by atoms with Gasteiger partial charge in [0.25, 0.3) is 0 Å². The van der Waals surface area contributed by atoms with E-state index in [1.54, 1.807) is 0 Å². The van der Waals surface area contributed by atoms with E-state index in [1.165, 1.54) is 38.5 Å². The van der Waals surface area contributed by atoms with Crippen molar-refractivity contribution in [2.45, 2.75) is 69.6 Å². The van der Waals surface area contributed by atoms with Gasteiger partial charge in [-0.1, -0.05) is 12.8 Å². The van der Waals surface area contributed by atoms with Crippen LogP contribution in [0.4, 0.5) is 0 Å². The van der Waals surface area contributed by atoms with E-state index in [0.29, 0.717) is 29.6 Å². The van der Waals surface area contributed by atoms with E-state index in [0.717, 1.165) is 51.8 Å². The van der Waals surface area contributed by atoms with Gasteiger partial charge in [-0.25, -0.2) is 0 Å². The van der Waals surface area contributed by atoms with E-state index >= 15 is 0 Å². The lowest BCUT2D eigenvalue weighted by molar-refractivity contribution is -0.125. The zero-order valence-electron chi connectivity index (χ0n) is 16.6. The summed E-state index contributed by atoms with van der Waals surface area (Å²) in [7, 11) is 1.87. The van der Waals surface area contributed by atoms with E-state index in [9.17, 15) is 0 Å². The average Bonchev–Trinajstić information content (AvgIpc) is 3.40. The highest BCUT2D eigenvalue weighted by Crippen LogP contribution is 2.60. The maximum absolute atomic E-state index is 6.08. The fourth-order valence-corrected chi connectivity index (χ4v) is 5.62. The fourth-order valence-electron chi connectivity index (χ4n) is 5.62. The summed E-state index contributed by atoms with van der Waals surface area (Å²) < 4.78 is 17.4. The first kappa shape index (κ1) is 21.6. The van der Waals surface area contributed by atoms with Crippen LogP contribution in [0.5, 0.6) is 0 Å². The monoisotopic (exact) mass is 493 g/mol. The number of hydrogen-bond acceptors (Lipinski definition) is 4. The van der Waals surface area contributed by atoms with Crippen molar-refractivity contribution in [1.82, 2.24) is 10.6 Å². The average molecular weight is 493 g/mol. The molecule has 2 aliphatic carbocycles. The molecule has 0 amide bonds. The van der Waals surface area contributed by atoms with Crippen molar-refractivity contribution in [2.75, 3.05) is 40.0 Å². The molecule has 2 aliphatic heterocycles. The SMILES string of the molecule is CN=C(NCCCOCC1CCCO1)NC1C2CCOC2C12CCCC2.I. The summed E-state index contributed by atoms with van der Waals surface area (Å²) in [6.07, 6.45) is 10.6. The molecule has 2 N–H and O–H groups in total. The highest BCUT2D eigenvalue weighted by Gasteiger charge is 2.65. The van der Waals surface area contributed by atoms with E-state index in [1.807, 2.05) is 7.05 Å². The van der Waals surface area contributed by atoms with Crippen LogP contribution in [-0.4, -0.2) is 64.2 Å². The molecule has 0 aromatic rings. The van der Waals surface area contributed by atoms with E-state index in [-0.39, 0.29) is 24.0 Å². The van der Waals surface area contributed by atoms with E-state index in [2.05, 4.69) is 15.6 Å². The van der Waals surface area contributed by atoms with Gasteiger partial charge < -0.3 is 24.8 Å². The molecule has 4 atom stereocenters. The number of ether oxygens (including phenoxy) is 3. The quantitative estimate of drug-likeness (QED) is 0.247. The Labute approximate surface area is 180 Å². The number of nitrogens with one attached hydrogen (secondary N) is 2. The summed E-state index contributed by atoms with van der Waals surface area (Å²) in [6.45, 7) is 4.22. The van der Waals surface area contributed by atoms with E-state index in [4.69, 9.17) is 14.2 Å². The molecule has 6 nitrogen and oxygen atoms in total. The van der Waals surface area contributed by atoms with Crippen LogP contribution < -0.4 is 10.6 Å². The summed E-state index contributed by atoms with van der Waals surface area (Å²) in [6, 6.07) is 0.527. The molecule has 0 aromatic heterocycles. The van der Waals surface area contributed by atoms with Gasteiger partial charge in [-0.3, -0.25) is 4.99 Å². The largest absolute Gasteiger partial charge is 0.379 e. The third kappa shape index (κ3) is 4.56. The minimum Gasteiger partial charge on any atom is -0.379 e. The van der Waals surface area contributed by atoms with Gasteiger partial charge in [0.15, 0.2) is 5.96 Å². The lowest BCUT2D eigenvalue weighted by Crippen LogP contribution is -2.69. The standard InChI is InChI=1S/C20H35N3O3.HI/c1-21-19(22-10-5-11-24-14-15-6-4-12-25-15)23-17-16-7-13-26-18(16)20(17)8-2-3-9-20;/h15-18H,2-14H2,1H3,(H2,21,22,23);1H. The maximum atomic E-state index is 6.08. The zero-order valence-corrected chi connectivity index (χ0v) is 18.9. The topological polar surface area (TPSA) is 64.1 Å². The molecule has 27 heavy (non-hydrogen) atoms. The van der Waals surface area contributed by atoms with Crippen molar-refractivity contribution >= 4 is 29.9 Å². The van der Waals surface area contributed by atoms with Gasteiger partial charge in [0, 0.05) is 50.8 Å². The molecule has 1 spiro atoms. The van der Waals surface area contributed by atoms with Crippen LogP contribution in [0.25, 0.3) is 0 Å². The molecular weight excluding hydrogens is 457 g/mol. The van der Waals surface area contributed by atoms with Crippen molar-refractivity contribution in [2.24, 2.45) is 16.3 Å². The fraction of sp³-hybridized carbons (Fsp3) is 0.950. The molecule has 7 heteroatoms. The van der Waals surface area contributed by atoms with Gasteiger partial charge in [0.05, 0.1) is 18.8 Å². The summed E-state index contributed by atoms with van der Waals surface area (Å²) >= 11 is 0. The van der Waals surface area contributed by atoms with Crippen LogP contribution in [0.1, 0.15) is 51.4 Å². The number of rotatable bonds is 7. The first-order chi connectivity index (χ1) is 12.8. The number of aliphatic imine (C=N–C) groups is 1. The van der Waals surface area contributed by atoms with Gasteiger partial charge >= 0.3 is 0 Å². The molecule has 2 saturated heterocycles. The van der Waals surface area contributed by atoms with Crippen LogP contribution in [0.2, 0.25) is 0 Å². The molecule has 0 bridgehead atoms. The predicted octanol–water partition coefficient (Wildman–Crippen LogP) is 2.70. The van der Waals surface area contributed by atoms with Crippen molar-refractivity contribution in [3.63, 3.8) is 0 Å². The smallest absolute Gasteiger partial charge is 0.191 e. The van der Waals surface area contributed by atoms with Crippen LogP contribution >= 0.6 is 24.0 Å². The number of fused-ring (bicyclic) bond motifs is 2. The van der Waals surface area contributed by atoms with Crippen LogP contribution in [0.15, 0.2) is 4.99 Å². The number of nitrogens with zero attached hydrogens (tertiary/aromatic N) is 1. The van der Waals surface area contributed by atoms with Crippen LogP contribution in [0.3, 0.4) is 0 Å². The molecule has 2 saturated carbocycles. The lowest BCUT2D eigenvalue weighted by atomic mass is 9.54. The summed E-state index contributed by atoms with van der Waals surface area (Å²) in [4.78, 5) is 4.45. The van der Waals surface area contributed by atoms with Crippen molar-refractivity contribution in [1.29, 1.82) is 0 Å². The molecular formula is C20H36IN3O3. The Kier molecular flexibility index (Phi) is 8.05. The zero-order chi connectivity index (χ0) is 17.8. The lowest BCUT2D eigenvalue weighted by Gasteiger charge is -2.57. The molecule has 0 radical (unpaired) electrons. The summed E-state index contributed by atoms with van der Waals surface area (Å²) in [5.41, 5.74) is 0.364. The first-order valence-electron chi connectivity index (χ1n) is 10.6. The Hall–Kier alpha value is -0.120. The van der Waals surface area contributed by atoms with Crippen LogP contribution in [-0.2, 0) is 14.2 Å². The molecule has 2 heterocycles. The minimum absolute atomic E-state index is 0. The first-order valence-corrected chi connectivity index (χ1v) is 10.6. The number of hydrogen-bond donors (Lipinski definition) is 2. The molecule has 4 fully saturated rings. The highest BCUT2D eigenvalue weighted by atomic mass is 127.